The van der Waals surface area contributed by atoms with Gasteiger partial charge in [-0.2, -0.15) is 0 Å². The molecule has 0 rings (SSSR count). The average molecular weight is 271 g/mol. The van der Waals surface area contributed by atoms with Crippen molar-refractivity contribution >= 4 is 5.97 Å². The van der Waals surface area contributed by atoms with Crippen molar-refractivity contribution in [3.05, 3.63) is 0 Å². The molecule has 0 heterocycles. The van der Waals surface area contributed by atoms with Gasteiger partial charge in [0.1, 0.15) is 5.60 Å². The standard InChI is InChI=1S/C16H33NO2/c1-6-7-8-9-13(2)10-14(12-17)11-15(18)19-16(3,4)5/h13-14H,6-12,17H2,1-5H3. The predicted molar refractivity (Wildman–Crippen MR) is 80.9 cm³/mol. The minimum Gasteiger partial charge on any atom is -0.460 e. The van der Waals surface area contributed by atoms with Crippen molar-refractivity contribution in [2.45, 2.75) is 78.7 Å². The number of hydrogen-bond donors (Lipinski definition) is 1. The van der Waals surface area contributed by atoms with Crippen molar-refractivity contribution in [1.82, 2.24) is 0 Å². The van der Waals surface area contributed by atoms with Gasteiger partial charge in [-0.25, -0.2) is 0 Å². The number of hydrogen-bond acceptors (Lipinski definition) is 3. The van der Waals surface area contributed by atoms with Crippen LogP contribution in [-0.4, -0.2) is 18.1 Å². The second-order valence-corrected chi connectivity index (χ2v) is 6.73. The molecule has 2 unspecified atom stereocenters. The molecular weight excluding hydrogens is 238 g/mol. The number of nitrogens with two attached hydrogens (primary N) is 1. The minimum absolute atomic E-state index is 0.122. The molecule has 0 spiro atoms. The van der Waals surface area contributed by atoms with Crippen LogP contribution in [0.5, 0.6) is 0 Å². The van der Waals surface area contributed by atoms with Crippen LogP contribution >= 0.6 is 0 Å². The summed E-state index contributed by atoms with van der Waals surface area (Å²) in [6.07, 6.45) is 6.54. The van der Waals surface area contributed by atoms with E-state index in [1.165, 1.54) is 25.7 Å². The van der Waals surface area contributed by atoms with Crippen LogP contribution in [0.1, 0.15) is 73.1 Å². The van der Waals surface area contributed by atoms with Crippen LogP contribution in [0.4, 0.5) is 0 Å². The van der Waals surface area contributed by atoms with Gasteiger partial charge in [0.2, 0.25) is 0 Å². The molecule has 0 saturated heterocycles. The van der Waals surface area contributed by atoms with E-state index in [2.05, 4.69) is 13.8 Å². The molecule has 19 heavy (non-hydrogen) atoms. The predicted octanol–water partition coefficient (Wildman–Crippen LogP) is 3.90. The van der Waals surface area contributed by atoms with Crippen molar-refractivity contribution in [1.29, 1.82) is 0 Å². The fourth-order valence-corrected chi connectivity index (χ4v) is 2.31. The van der Waals surface area contributed by atoms with Crippen molar-refractivity contribution in [3.63, 3.8) is 0 Å². The molecule has 0 saturated carbocycles. The first kappa shape index (κ1) is 18.4. The summed E-state index contributed by atoms with van der Waals surface area (Å²) in [5.41, 5.74) is 5.38. The first-order valence-electron chi connectivity index (χ1n) is 7.70. The van der Waals surface area contributed by atoms with Gasteiger partial charge in [0.15, 0.2) is 0 Å². The summed E-state index contributed by atoms with van der Waals surface area (Å²) in [6, 6.07) is 0. The number of unbranched alkanes of at least 4 members (excludes halogenated alkanes) is 2. The molecule has 0 radical (unpaired) electrons. The molecular formula is C16H33NO2. The number of rotatable bonds is 9. The zero-order valence-electron chi connectivity index (χ0n) is 13.5. The first-order valence-corrected chi connectivity index (χ1v) is 7.70. The van der Waals surface area contributed by atoms with Crippen LogP contribution in [0, 0.1) is 11.8 Å². The van der Waals surface area contributed by atoms with E-state index in [1.54, 1.807) is 0 Å². The van der Waals surface area contributed by atoms with E-state index in [-0.39, 0.29) is 11.9 Å². The Bertz CT molecular complexity index is 246. The molecule has 2 atom stereocenters. The summed E-state index contributed by atoms with van der Waals surface area (Å²) in [5, 5.41) is 0. The number of carbonyl (C=O) groups is 1. The van der Waals surface area contributed by atoms with E-state index in [4.69, 9.17) is 10.5 Å². The summed E-state index contributed by atoms with van der Waals surface area (Å²) in [4.78, 5) is 11.8. The van der Waals surface area contributed by atoms with E-state index >= 15 is 0 Å². The van der Waals surface area contributed by atoms with Gasteiger partial charge in [0.25, 0.3) is 0 Å². The third-order valence-corrected chi connectivity index (χ3v) is 3.24. The second-order valence-electron chi connectivity index (χ2n) is 6.73. The summed E-state index contributed by atoms with van der Waals surface area (Å²) >= 11 is 0. The first-order chi connectivity index (χ1) is 8.78. The molecule has 3 heteroatoms. The monoisotopic (exact) mass is 271 g/mol. The fraction of sp³-hybridized carbons (Fsp3) is 0.938. The molecule has 2 N–H and O–H groups in total. The lowest BCUT2D eigenvalue weighted by Crippen LogP contribution is -2.27. The van der Waals surface area contributed by atoms with Crippen LogP contribution in [0.2, 0.25) is 0 Å². The van der Waals surface area contributed by atoms with Crippen LogP contribution in [0.25, 0.3) is 0 Å². The Morgan fingerprint density at radius 3 is 2.37 bits per heavy atom. The van der Waals surface area contributed by atoms with Gasteiger partial charge in [0, 0.05) is 6.42 Å². The quantitative estimate of drug-likeness (QED) is 0.511. The normalized spacial score (nSPS) is 15.1. The Morgan fingerprint density at radius 2 is 1.89 bits per heavy atom. The van der Waals surface area contributed by atoms with Crippen LogP contribution < -0.4 is 5.73 Å². The SMILES string of the molecule is CCCCCC(C)CC(CN)CC(=O)OC(C)(C)C. The number of carbonyl (C=O) groups excluding carboxylic acids is 1. The van der Waals surface area contributed by atoms with Crippen molar-refractivity contribution < 1.29 is 9.53 Å². The van der Waals surface area contributed by atoms with E-state index in [0.29, 0.717) is 18.9 Å². The van der Waals surface area contributed by atoms with Gasteiger partial charge in [-0.1, -0.05) is 39.5 Å². The molecule has 0 aromatic carbocycles. The van der Waals surface area contributed by atoms with E-state index in [0.717, 1.165) is 6.42 Å². The van der Waals surface area contributed by atoms with Gasteiger partial charge < -0.3 is 10.5 Å². The van der Waals surface area contributed by atoms with Crippen LogP contribution in [0.15, 0.2) is 0 Å². The average Bonchev–Trinajstić information content (AvgIpc) is 2.25. The summed E-state index contributed by atoms with van der Waals surface area (Å²) in [7, 11) is 0. The number of ether oxygens (including phenoxy) is 1. The molecule has 0 aromatic rings. The highest BCUT2D eigenvalue weighted by molar-refractivity contribution is 5.70. The molecule has 0 fully saturated rings. The lowest BCUT2D eigenvalue weighted by Gasteiger charge is -2.23. The highest BCUT2D eigenvalue weighted by atomic mass is 16.6. The van der Waals surface area contributed by atoms with Crippen molar-refractivity contribution in [2.75, 3.05) is 6.54 Å². The molecule has 0 aromatic heterocycles. The van der Waals surface area contributed by atoms with Gasteiger partial charge in [-0.3, -0.25) is 4.79 Å². The molecule has 0 aliphatic heterocycles. The summed E-state index contributed by atoms with van der Waals surface area (Å²) < 4.78 is 5.36. The Kier molecular flexibility index (Phi) is 9.07. The Morgan fingerprint density at radius 1 is 1.26 bits per heavy atom. The van der Waals surface area contributed by atoms with Gasteiger partial charge in [-0.15, -0.1) is 0 Å². The molecule has 0 aliphatic rings. The zero-order valence-corrected chi connectivity index (χ0v) is 13.5. The highest BCUT2D eigenvalue weighted by Crippen LogP contribution is 2.21. The van der Waals surface area contributed by atoms with Crippen molar-refractivity contribution in [3.8, 4) is 0 Å². The highest BCUT2D eigenvalue weighted by Gasteiger charge is 2.21. The third-order valence-electron chi connectivity index (χ3n) is 3.24. The fourth-order valence-electron chi connectivity index (χ4n) is 2.31. The Balaban J connectivity index is 4.03. The summed E-state index contributed by atoms with van der Waals surface area (Å²) in [6.45, 7) is 10.7. The van der Waals surface area contributed by atoms with E-state index in [9.17, 15) is 4.79 Å². The smallest absolute Gasteiger partial charge is 0.306 e. The lowest BCUT2D eigenvalue weighted by molar-refractivity contribution is -0.156. The Labute approximate surface area is 119 Å². The summed E-state index contributed by atoms with van der Waals surface area (Å²) in [5.74, 6) is 0.776. The molecule has 114 valence electrons. The van der Waals surface area contributed by atoms with Crippen LogP contribution in [0.3, 0.4) is 0 Å². The third kappa shape index (κ3) is 11.0. The maximum absolute atomic E-state index is 11.8. The number of esters is 1. The minimum atomic E-state index is -0.400. The van der Waals surface area contributed by atoms with Gasteiger partial charge >= 0.3 is 5.97 Å². The van der Waals surface area contributed by atoms with E-state index < -0.39 is 5.60 Å². The van der Waals surface area contributed by atoms with Gasteiger partial charge in [0.05, 0.1) is 0 Å². The van der Waals surface area contributed by atoms with Crippen molar-refractivity contribution in [2.24, 2.45) is 17.6 Å². The largest absolute Gasteiger partial charge is 0.460 e. The lowest BCUT2D eigenvalue weighted by atomic mass is 9.90. The molecule has 3 nitrogen and oxygen atoms in total. The molecule has 0 aliphatic carbocycles. The zero-order chi connectivity index (χ0) is 14.9. The molecule has 0 bridgehead atoms. The maximum atomic E-state index is 11.8. The van der Waals surface area contributed by atoms with E-state index in [1.807, 2.05) is 20.8 Å². The maximum Gasteiger partial charge on any atom is 0.306 e. The molecule has 0 amide bonds. The second kappa shape index (κ2) is 9.35. The van der Waals surface area contributed by atoms with Crippen LogP contribution in [-0.2, 0) is 9.53 Å². The Hall–Kier alpha value is -0.570. The van der Waals surface area contributed by atoms with Gasteiger partial charge in [-0.05, 0) is 45.6 Å². The topological polar surface area (TPSA) is 52.3 Å².